The van der Waals surface area contributed by atoms with Crippen LogP contribution in [0.1, 0.15) is 16.2 Å². The zero-order valence-electron chi connectivity index (χ0n) is 10.6. The van der Waals surface area contributed by atoms with Crippen LogP contribution in [0.15, 0.2) is 24.5 Å². The maximum Gasteiger partial charge on any atom is 0.337 e. The lowest BCUT2D eigenvalue weighted by Crippen LogP contribution is -2.34. The Kier molecular flexibility index (Phi) is 2.81. The van der Waals surface area contributed by atoms with Crippen molar-refractivity contribution in [3.63, 3.8) is 0 Å². The van der Waals surface area contributed by atoms with Crippen LogP contribution in [0.5, 0.6) is 0 Å². The maximum absolute atomic E-state index is 14.0. The van der Waals surface area contributed by atoms with Crippen LogP contribution in [-0.2, 0) is 13.1 Å². The molecule has 3 rings (SSSR count). The Balaban J connectivity index is 1.99. The highest BCUT2D eigenvalue weighted by molar-refractivity contribution is 5.95. The van der Waals surface area contributed by atoms with E-state index >= 15 is 0 Å². The lowest BCUT2D eigenvalue weighted by atomic mass is 10.1. The standard InChI is InChI=1S/C13H13FN4O2/c14-9-6-10(15)8(13(19)20)5-11(9)18-4-3-17-2-1-16-12(17)7-18/h1-2,5-6H,3-4,7,15H2,(H,19,20). The highest BCUT2D eigenvalue weighted by Crippen LogP contribution is 2.28. The van der Waals surface area contributed by atoms with Crippen molar-refractivity contribution in [2.24, 2.45) is 0 Å². The molecule has 3 N–H and O–H groups in total. The Morgan fingerprint density at radius 3 is 2.95 bits per heavy atom. The van der Waals surface area contributed by atoms with Gasteiger partial charge in [-0.2, -0.15) is 0 Å². The molecule has 1 aliphatic rings. The van der Waals surface area contributed by atoms with Gasteiger partial charge in [0.25, 0.3) is 0 Å². The molecule has 0 bridgehead atoms. The summed E-state index contributed by atoms with van der Waals surface area (Å²) in [5.74, 6) is -0.862. The van der Waals surface area contributed by atoms with Crippen molar-refractivity contribution in [2.45, 2.75) is 13.1 Å². The van der Waals surface area contributed by atoms with E-state index in [1.165, 1.54) is 6.07 Å². The van der Waals surface area contributed by atoms with E-state index in [2.05, 4.69) is 4.98 Å². The van der Waals surface area contributed by atoms with E-state index in [1.54, 1.807) is 11.1 Å². The molecule has 1 aromatic heterocycles. The third-order valence-corrected chi connectivity index (χ3v) is 3.43. The number of aromatic carboxylic acids is 1. The number of anilines is 2. The first kappa shape index (κ1) is 12.5. The Morgan fingerprint density at radius 2 is 2.20 bits per heavy atom. The molecule has 1 aliphatic heterocycles. The molecular formula is C13H13FN4O2. The smallest absolute Gasteiger partial charge is 0.337 e. The predicted octanol–water partition coefficient (Wildman–Crippen LogP) is 1.32. The third-order valence-electron chi connectivity index (χ3n) is 3.43. The monoisotopic (exact) mass is 276 g/mol. The molecule has 0 aliphatic carbocycles. The van der Waals surface area contributed by atoms with Gasteiger partial charge in [-0.3, -0.25) is 0 Å². The number of aromatic nitrogens is 2. The molecule has 7 heteroatoms. The van der Waals surface area contributed by atoms with Crippen molar-refractivity contribution in [1.82, 2.24) is 9.55 Å². The van der Waals surface area contributed by atoms with Crippen molar-refractivity contribution in [3.8, 4) is 0 Å². The van der Waals surface area contributed by atoms with Crippen LogP contribution in [0.2, 0.25) is 0 Å². The summed E-state index contributed by atoms with van der Waals surface area (Å²) in [5, 5.41) is 9.07. The Labute approximate surface area is 114 Å². The van der Waals surface area contributed by atoms with Crippen LogP contribution < -0.4 is 10.6 Å². The van der Waals surface area contributed by atoms with Gasteiger partial charge in [0.15, 0.2) is 0 Å². The molecule has 20 heavy (non-hydrogen) atoms. The lowest BCUT2D eigenvalue weighted by molar-refractivity contribution is 0.0698. The van der Waals surface area contributed by atoms with Gasteiger partial charge in [0, 0.05) is 31.2 Å². The van der Waals surface area contributed by atoms with Crippen molar-refractivity contribution in [3.05, 3.63) is 41.7 Å². The molecule has 2 heterocycles. The number of carboxylic acids is 1. The second kappa shape index (κ2) is 4.52. The fraction of sp³-hybridized carbons (Fsp3) is 0.231. The number of nitrogens with zero attached hydrogens (tertiary/aromatic N) is 3. The van der Waals surface area contributed by atoms with E-state index in [-0.39, 0.29) is 16.9 Å². The second-order valence-electron chi connectivity index (χ2n) is 4.65. The molecule has 0 saturated carbocycles. The van der Waals surface area contributed by atoms with Gasteiger partial charge in [0.1, 0.15) is 11.6 Å². The van der Waals surface area contributed by atoms with Crippen LogP contribution in [-0.4, -0.2) is 27.2 Å². The van der Waals surface area contributed by atoms with Crippen molar-refractivity contribution < 1.29 is 14.3 Å². The minimum Gasteiger partial charge on any atom is -0.478 e. The van der Waals surface area contributed by atoms with Gasteiger partial charge >= 0.3 is 5.97 Å². The number of nitrogen functional groups attached to an aromatic ring is 1. The number of carbonyl (C=O) groups is 1. The number of carboxylic acid groups (broad SMARTS) is 1. The summed E-state index contributed by atoms with van der Waals surface area (Å²) >= 11 is 0. The number of hydrogen-bond acceptors (Lipinski definition) is 4. The second-order valence-corrected chi connectivity index (χ2v) is 4.65. The molecule has 0 unspecified atom stereocenters. The molecule has 2 aromatic rings. The zero-order chi connectivity index (χ0) is 14.3. The topological polar surface area (TPSA) is 84.4 Å². The molecule has 0 spiro atoms. The minimum atomic E-state index is -1.16. The molecule has 0 saturated heterocycles. The van der Waals surface area contributed by atoms with Crippen LogP contribution in [0.25, 0.3) is 0 Å². The van der Waals surface area contributed by atoms with Crippen LogP contribution >= 0.6 is 0 Å². The Bertz CT molecular complexity index is 683. The number of nitrogens with two attached hydrogens (primary N) is 1. The summed E-state index contributed by atoms with van der Waals surface area (Å²) in [6.45, 7) is 1.71. The lowest BCUT2D eigenvalue weighted by Gasteiger charge is -2.30. The third kappa shape index (κ3) is 1.97. The molecule has 1 aromatic carbocycles. The van der Waals surface area contributed by atoms with Gasteiger partial charge < -0.3 is 20.3 Å². The number of halogens is 1. The van der Waals surface area contributed by atoms with Gasteiger partial charge in [-0.15, -0.1) is 0 Å². The van der Waals surface area contributed by atoms with E-state index in [9.17, 15) is 9.18 Å². The van der Waals surface area contributed by atoms with Crippen molar-refractivity contribution in [2.75, 3.05) is 17.2 Å². The number of benzene rings is 1. The summed E-state index contributed by atoms with van der Waals surface area (Å²) in [5.41, 5.74) is 5.61. The normalized spacial score (nSPS) is 14.2. The maximum atomic E-state index is 14.0. The summed E-state index contributed by atoms with van der Waals surface area (Å²) in [4.78, 5) is 17.1. The van der Waals surface area contributed by atoms with Gasteiger partial charge in [-0.1, -0.05) is 0 Å². The summed E-state index contributed by atoms with van der Waals surface area (Å²) in [6, 6.07) is 2.34. The SMILES string of the molecule is Nc1cc(F)c(N2CCn3ccnc3C2)cc1C(=O)O. The molecule has 0 fully saturated rings. The Hall–Kier alpha value is -2.57. The van der Waals surface area contributed by atoms with Crippen LogP contribution in [0.3, 0.4) is 0 Å². The van der Waals surface area contributed by atoms with E-state index in [0.717, 1.165) is 11.9 Å². The Morgan fingerprint density at radius 1 is 1.40 bits per heavy atom. The predicted molar refractivity (Wildman–Crippen MR) is 71.0 cm³/mol. The van der Waals surface area contributed by atoms with Gasteiger partial charge in [-0.05, 0) is 12.1 Å². The molecular weight excluding hydrogens is 263 g/mol. The first-order valence-electron chi connectivity index (χ1n) is 6.13. The number of rotatable bonds is 2. The fourth-order valence-corrected chi connectivity index (χ4v) is 2.38. The number of hydrogen-bond donors (Lipinski definition) is 2. The molecule has 0 radical (unpaired) electrons. The van der Waals surface area contributed by atoms with Crippen molar-refractivity contribution >= 4 is 17.3 Å². The van der Waals surface area contributed by atoms with Gasteiger partial charge in [-0.25, -0.2) is 14.2 Å². The summed E-state index contributed by atoms with van der Waals surface area (Å²) in [7, 11) is 0. The number of fused-ring (bicyclic) bond motifs is 1. The van der Waals surface area contributed by atoms with Crippen LogP contribution in [0.4, 0.5) is 15.8 Å². The van der Waals surface area contributed by atoms with E-state index < -0.39 is 11.8 Å². The first-order valence-corrected chi connectivity index (χ1v) is 6.13. The van der Waals surface area contributed by atoms with E-state index in [4.69, 9.17) is 10.8 Å². The minimum absolute atomic E-state index is 0.0720. The van der Waals surface area contributed by atoms with E-state index in [1.807, 2.05) is 10.8 Å². The van der Waals surface area contributed by atoms with E-state index in [0.29, 0.717) is 19.6 Å². The van der Waals surface area contributed by atoms with Crippen LogP contribution in [0, 0.1) is 5.82 Å². The molecule has 0 amide bonds. The zero-order valence-corrected chi connectivity index (χ0v) is 10.6. The van der Waals surface area contributed by atoms with Gasteiger partial charge in [0.05, 0.1) is 17.8 Å². The largest absolute Gasteiger partial charge is 0.478 e. The van der Waals surface area contributed by atoms with Crippen molar-refractivity contribution in [1.29, 1.82) is 0 Å². The average molecular weight is 276 g/mol. The number of imidazole rings is 1. The highest BCUT2D eigenvalue weighted by Gasteiger charge is 2.22. The summed E-state index contributed by atoms with van der Waals surface area (Å²) < 4.78 is 16.0. The molecule has 104 valence electrons. The summed E-state index contributed by atoms with van der Waals surface area (Å²) in [6.07, 6.45) is 3.57. The molecule has 0 atom stereocenters. The quantitative estimate of drug-likeness (QED) is 0.808. The average Bonchev–Trinajstić information content (AvgIpc) is 2.85. The fourth-order valence-electron chi connectivity index (χ4n) is 2.38. The van der Waals surface area contributed by atoms with Gasteiger partial charge in [0.2, 0.25) is 0 Å². The highest BCUT2D eigenvalue weighted by atomic mass is 19.1. The first-order chi connectivity index (χ1) is 9.56. The molecule has 6 nitrogen and oxygen atoms in total.